The lowest BCUT2D eigenvalue weighted by atomic mass is 9.99. The van der Waals surface area contributed by atoms with Crippen LogP contribution in [0.2, 0.25) is 0 Å². The Morgan fingerprint density at radius 3 is 1.54 bits per heavy atom. The highest BCUT2D eigenvalue weighted by molar-refractivity contribution is 5.93. The molecule has 0 N–H and O–H groups in total. The Morgan fingerprint density at radius 1 is 0.462 bits per heavy atom. The van der Waals surface area contributed by atoms with Crippen LogP contribution in [0.4, 0.5) is 0 Å². The van der Waals surface area contributed by atoms with Gasteiger partial charge < -0.3 is 0 Å². The first-order valence-electron chi connectivity index (χ1n) is 8.47. The van der Waals surface area contributed by atoms with E-state index in [1.54, 1.807) is 0 Å². The molecule has 128 valence electrons. The largest absolute Gasteiger partial charge is 0.0984 e. The van der Waals surface area contributed by atoms with E-state index in [0.29, 0.717) is 0 Å². The quantitative estimate of drug-likeness (QED) is 0.447. The summed E-state index contributed by atoms with van der Waals surface area (Å²) < 4.78 is 0. The van der Waals surface area contributed by atoms with Gasteiger partial charge in [-0.05, 0) is 38.6 Å². The summed E-state index contributed by atoms with van der Waals surface area (Å²) in [6, 6.07) is 18.5. The van der Waals surface area contributed by atoms with E-state index in [-0.39, 0.29) is 0 Å². The minimum Gasteiger partial charge on any atom is -0.0984 e. The van der Waals surface area contributed by atoms with Gasteiger partial charge in [-0.3, -0.25) is 0 Å². The summed E-state index contributed by atoms with van der Waals surface area (Å²) in [6.45, 7) is 18.9. The van der Waals surface area contributed by atoms with Crippen LogP contribution in [0.15, 0.2) is 87.5 Å². The lowest BCUT2D eigenvalue weighted by Crippen LogP contribution is -1.84. The van der Waals surface area contributed by atoms with Gasteiger partial charge in [0.25, 0.3) is 0 Å². The number of rotatable bonds is 5. The second-order valence-electron chi connectivity index (χ2n) is 5.66. The van der Waals surface area contributed by atoms with Crippen LogP contribution in [-0.2, 0) is 0 Å². The first-order chi connectivity index (χ1) is 12.7. The second-order valence-corrected chi connectivity index (χ2v) is 5.66. The molecule has 0 aliphatic heterocycles. The molecule has 3 rings (SSSR count). The maximum absolute atomic E-state index is 3.84. The average molecular weight is 336 g/mol. The van der Waals surface area contributed by atoms with Crippen molar-refractivity contribution < 1.29 is 0 Å². The van der Waals surface area contributed by atoms with Crippen molar-refractivity contribution in [3.63, 3.8) is 0 Å². The van der Waals surface area contributed by atoms with Gasteiger partial charge in [0.15, 0.2) is 0 Å². The van der Waals surface area contributed by atoms with Crippen LogP contribution in [0.5, 0.6) is 0 Å². The molecule has 0 aliphatic carbocycles. The van der Waals surface area contributed by atoms with E-state index in [9.17, 15) is 0 Å². The molecule has 3 aromatic carbocycles. The van der Waals surface area contributed by atoms with Crippen molar-refractivity contribution in [2.75, 3.05) is 0 Å². The molecule has 0 amide bonds. The molecule has 0 nitrogen and oxygen atoms in total. The van der Waals surface area contributed by atoms with Gasteiger partial charge in [0.1, 0.15) is 0 Å². The van der Waals surface area contributed by atoms with E-state index in [2.05, 4.69) is 57.2 Å². The van der Waals surface area contributed by atoms with E-state index >= 15 is 0 Å². The van der Waals surface area contributed by atoms with Crippen LogP contribution in [0.25, 0.3) is 41.2 Å². The van der Waals surface area contributed by atoms with Crippen molar-refractivity contribution in [1.82, 2.24) is 0 Å². The first-order valence-corrected chi connectivity index (χ1v) is 8.47. The van der Waals surface area contributed by atoms with Gasteiger partial charge in [-0.2, -0.15) is 0 Å². The Morgan fingerprint density at radius 2 is 1.00 bits per heavy atom. The summed E-state index contributed by atoms with van der Waals surface area (Å²) in [4.78, 5) is 0. The third kappa shape index (κ3) is 3.99. The summed E-state index contributed by atoms with van der Waals surface area (Å²) in [5.41, 5.74) is 5.60. The summed E-state index contributed by atoms with van der Waals surface area (Å²) in [7, 11) is 0. The number of hydrogen-bond donors (Lipinski definition) is 0. The smallest absolute Gasteiger partial charge is 0.0106 e. The fraction of sp³-hybridized carbons (Fsp3) is 0. The number of hydrogen-bond acceptors (Lipinski definition) is 0. The SMILES string of the molecule is C=Cc1ccc2ccccc2c1C=C.C=Cc1cccc(C=C)c1C=C. The lowest BCUT2D eigenvalue weighted by molar-refractivity contribution is 1.58. The van der Waals surface area contributed by atoms with E-state index in [4.69, 9.17) is 0 Å². The highest BCUT2D eigenvalue weighted by atomic mass is 14.0. The molecule has 3 aromatic rings. The van der Waals surface area contributed by atoms with Gasteiger partial charge in [-0.1, -0.05) is 118 Å². The Kier molecular flexibility index (Phi) is 6.70. The molecule has 0 fully saturated rings. The van der Waals surface area contributed by atoms with E-state index < -0.39 is 0 Å². The Hall–Kier alpha value is -3.38. The molecule has 0 saturated carbocycles. The summed E-state index contributed by atoms with van der Waals surface area (Å²) >= 11 is 0. The van der Waals surface area contributed by atoms with Gasteiger partial charge in [-0.25, -0.2) is 0 Å². The molecule has 26 heavy (non-hydrogen) atoms. The zero-order chi connectivity index (χ0) is 18.9. The first kappa shape index (κ1) is 19.0. The van der Waals surface area contributed by atoms with Crippen molar-refractivity contribution in [2.45, 2.75) is 0 Å². The monoisotopic (exact) mass is 336 g/mol. The van der Waals surface area contributed by atoms with Gasteiger partial charge in [-0.15, -0.1) is 0 Å². The van der Waals surface area contributed by atoms with Crippen LogP contribution in [0, 0.1) is 0 Å². The molecule has 0 heterocycles. The Labute approximate surface area is 156 Å². The van der Waals surface area contributed by atoms with Crippen molar-refractivity contribution in [1.29, 1.82) is 0 Å². The highest BCUT2D eigenvalue weighted by Crippen LogP contribution is 2.24. The van der Waals surface area contributed by atoms with E-state index in [1.165, 1.54) is 10.8 Å². The second kappa shape index (κ2) is 9.19. The minimum atomic E-state index is 1.10. The van der Waals surface area contributed by atoms with Crippen molar-refractivity contribution in [3.8, 4) is 0 Å². The molecular formula is C26H24. The van der Waals surface area contributed by atoms with Crippen molar-refractivity contribution in [2.24, 2.45) is 0 Å². The molecule has 0 spiro atoms. The predicted molar refractivity (Wildman–Crippen MR) is 121 cm³/mol. The number of benzene rings is 3. The fourth-order valence-corrected chi connectivity index (χ4v) is 2.91. The van der Waals surface area contributed by atoms with Gasteiger partial charge >= 0.3 is 0 Å². The molecule has 0 bridgehead atoms. The molecule has 0 heteroatoms. The Balaban J connectivity index is 0.000000190. The Bertz CT molecular complexity index is 944. The maximum atomic E-state index is 3.84. The molecule has 0 aliphatic rings. The zero-order valence-corrected chi connectivity index (χ0v) is 15.1. The molecule has 0 unspecified atom stereocenters. The van der Waals surface area contributed by atoms with Crippen LogP contribution < -0.4 is 0 Å². The minimum absolute atomic E-state index is 1.10. The van der Waals surface area contributed by atoms with Crippen LogP contribution in [0.3, 0.4) is 0 Å². The third-order valence-corrected chi connectivity index (χ3v) is 4.25. The third-order valence-electron chi connectivity index (χ3n) is 4.25. The summed E-state index contributed by atoms with van der Waals surface area (Å²) in [5.74, 6) is 0. The topological polar surface area (TPSA) is 0 Å². The maximum Gasteiger partial charge on any atom is -0.0106 e. The molecule has 0 atom stereocenters. The highest BCUT2D eigenvalue weighted by Gasteiger charge is 2.00. The van der Waals surface area contributed by atoms with Gasteiger partial charge in [0.2, 0.25) is 0 Å². The molecular weight excluding hydrogens is 312 g/mol. The fourth-order valence-electron chi connectivity index (χ4n) is 2.91. The zero-order valence-electron chi connectivity index (χ0n) is 15.1. The van der Waals surface area contributed by atoms with Gasteiger partial charge in [0, 0.05) is 0 Å². The molecule has 0 saturated heterocycles. The molecule has 0 radical (unpaired) electrons. The van der Waals surface area contributed by atoms with E-state index in [1.807, 2.05) is 60.7 Å². The van der Waals surface area contributed by atoms with Crippen molar-refractivity contribution >= 4 is 41.2 Å². The van der Waals surface area contributed by atoms with Crippen molar-refractivity contribution in [3.05, 3.63) is 115 Å². The normalized spacial score (nSPS) is 9.54. The van der Waals surface area contributed by atoms with Crippen LogP contribution >= 0.6 is 0 Å². The van der Waals surface area contributed by atoms with Crippen LogP contribution in [0.1, 0.15) is 27.8 Å². The van der Waals surface area contributed by atoms with E-state index in [0.717, 1.165) is 27.8 Å². The summed E-state index contributed by atoms with van der Waals surface area (Å²) in [5, 5.41) is 2.48. The lowest BCUT2D eigenvalue weighted by Gasteiger charge is -2.05. The molecule has 0 aromatic heterocycles. The standard InChI is InChI=1S/C14H12.C12H12/c1-3-11-9-10-12-7-5-6-8-14(12)13(11)4-2;1-4-10-8-7-9-11(5-2)12(10)6-3/h3-10H,1-2H2;4-9H,1-3H2. The van der Waals surface area contributed by atoms with Gasteiger partial charge in [0.05, 0.1) is 0 Å². The van der Waals surface area contributed by atoms with Crippen LogP contribution in [-0.4, -0.2) is 0 Å². The average Bonchev–Trinajstić information content (AvgIpc) is 2.72. The summed E-state index contributed by atoms with van der Waals surface area (Å²) in [6.07, 6.45) is 9.23. The predicted octanol–water partition coefficient (Wildman–Crippen LogP) is 7.74. The number of fused-ring (bicyclic) bond motifs is 1.